The van der Waals surface area contributed by atoms with Crippen LogP contribution in [0.15, 0.2) is 38.6 Å². The van der Waals surface area contributed by atoms with Crippen molar-refractivity contribution in [2.75, 3.05) is 5.32 Å². The molecule has 0 saturated heterocycles. The van der Waals surface area contributed by atoms with E-state index in [0.29, 0.717) is 16.8 Å². The number of hydrogen-bond acceptors (Lipinski definition) is 6. The van der Waals surface area contributed by atoms with Crippen LogP contribution in [-0.4, -0.2) is 27.0 Å². The Kier molecular flexibility index (Phi) is 4.09. The molecule has 0 unspecified atom stereocenters. The van der Waals surface area contributed by atoms with Gasteiger partial charge in [0, 0.05) is 6.92 Å². The molecular formula is C15H13N5O3S. The lowest BCUT2D eigenvalue weighted by Gasteiger charge is -2.07. The van der Waals surface area contributed by atoms with Crippen molar-refractivity contribution in [3.63, 3.8) is 0 Å². The summed E-state index contributed by atoms with van der Waals surface area (Å²) in [6.45, 7) is 3.04. The first-order valence-corrected chi connectivity index (χ1v) is 7.40. The highest BCUT2D eigenvalue weighted by Gasteiger charge is 2.14. The number of amides is 1. The number of para-hydroxylation sites is 1. The van der Waals surface area contributed by atoms with E-state index in [4.69, 9.17) is 16.6 Å². The highest BCUT2D eigenvalue weighted by Crippen LogP contribution is 2.19. The number of rotatable bonds is 3. The number of H-pyrrole nitrogens is 1. The van der Waals surface area contributed by atoms with Crippen molar-refractivity contribution in [2.24, 2.45) is 5.10 Å². The van der Waals surface area contributed by atoms with Crippen LogP contribution in [0.1, 0.15) is 18.3 Å². The minimum atomic E-state index is -0.362. The summed E-state index contributed by atoms with van der Waals surface area (Å²) in [6, 6.07) is 6.77. The molecule has 8 nitrogen and oxygen atoms in total. The second kappa shape index (κ2) is 6.20. The zero-order valence-electron chi connectivity index (χ0n) is 12.9. The largest absolute Gasteiger partial charge is 0.439 e. The Hall–Kier alpha value is -3.07. The van der Waals surface area contributed by atoms with E-state index in [1.54, 1.807) is 31.2 Å². The lowest BCUT2D eigenvalue weighted by molar-refractivity contribution is -0.114. The lowest BCUT2D eigenvalue weighted by atomic mass is 10.1. The highest BCUT2D eigenvalue weighted by atomic mass is 32.1. The van der Waals surface area contributed by atoms with E-state index in [-0.39, 0.29) is 27.6 Å². The van der Waals surface area contributed by atoms with Crippen LogP contribution >= 0.6 is 12.2 Å². The molecule has 1 aromatic carbocycles. The number of aromatic nitrogens is 3. The summed E-state index contributed by atoms with van der Waals surface area (Å²) < 4.78 is 7.28. The van der Waals surface area contributed by atoms with Crippen molar-refractivity contribution in [3.8, 4) is 0 Å². The third-order valence-corrected chi connectivity index (χ3v) is 3.50. The van der Waals surface area contributed by atoms with Crippen LogP contribution < -0.4 is 10.7 Å². The molecule has 9 heteroatoms. The van der Waals surface area contributed by atoms with Gasteiger partial charge < -0.3 is 4.42 Å². The summed E-state index contributed by atoms with van der Waals surface area (Å²) in [5.41, 5.74) is 0.183. The first kappa shape index (κ1) is 15.8. The first-order chi connectivity index (χ1) is 11.5. The van der Waals surface area contributed by atoms with E-state index in [1.165, 1.54) is 17.8 Å². The Balaban J connectivity index is 2.21. The Morgan fingerprint density at radius 2 is 2.21 bits per heavy atom. The second-order valence-electron chi connectivity index (χ2n) is 4.98. The minimum Gasteiger partial charge on any atom is -0.439 e. The van der Waals surface area contributed by atoms with Crippen LogP contribution in [-0.2, 0) is 4.79 Å². The highest BCUT2D eigenvalue weighted by molar-refractivity contribution is 7.71. The summed E-state index contributed by atoms with van der Waals surface area (Å²) in [5, 5.41) is 13.6. The van der Waals surface area contributed by atoms with Gasteiger partial charge in [0.25, 0.3) is 0 Å². The summed E-state index contributed by atoms with van der Waals surface area (Å²) in [7, 11) is 0. The molecule has 2 heterocycles. The third-order valence-electron chi connectivity index (χ3n) is 3.24. The maximum absolute atomic E-state index is 12.7. The zero-order valence-corrected chi connectivity index (χ0v) is 13.7. The summed E-state index contributed by atoms with van der Waals surface area (Å²) in [4.78, 5) is 24.1. The monoisotopic (exact) mass is 343 g/mol. The van der Waals surface area contributed by atoms with Crippen LogP contribution in [0.5, 0.6) is 0 Å². The van der Waals surface area contributed by atoms with Crippen molar-refractivity contribution in [1.29, 1.82) is 0 Å². The first-order valence-electron chi connectivity index (χ1n) is 6.99. The van der Waals surface area contributed by atoms with Crippen molar-refractivity contribution in [1.82, 2.24) is 14.9 Å². The molecule has 3 rings (SSSR count). The van der Waals surface area contributed by atoms with Crippen molar-refractivity contribution >= 4 is 41.2 Å². The molecule has 2 N–H and O–H groups in total. The average Bonchev–Trinajstić information content (AvgIpc) is 2.85. The van der Waals surface area contributed by atoms with Gasteiger partial charge in [-0.1, -0.05) is 12.1 Å². The van der Waals surface area contributed by atoms with E-state index in [0.717, 1.165) is 0 Å². The topological polar surface area (TPSA) is 105 Å². The fourth-order valence-electron chi connectivity index (χ4n) is 2.15. The number of carbonyl (C=O) groups is 1. The van der Waals surface area contributed by atoms with Crippen molar-refractivity contribution in [3.05, 3.63) is 50.6 Å². The predicted octanol–water partition coefficient (Wildman–Crippen LogP) is 2.20. The maximum atomic E-state index is 12.7. The lowest BCUT2D eigenvalue weighted by Crippen LogP contribution is -2.16. The van der Waals surface area contributed by atoms with Crippen molar-refractivity contribution < 1.29 is 9.21 Å². The zero-order chi connectivity index (χ0) is 17.3. The Bertz CT molecular complexity index is 1080. The van der Waals surface area contributed by atoms with E-state index in [9.17, 15) is 9.59 Å². The number of carbonyl (C=O) groups excluding carboxylic acids is 1. The number of anilines is 1. The van der Waals surface area contributed by atoms with Gasteiger partial charge in [0.2, 0.25) is 22.0 Å². The number of nitrogens with zero attached hydrogens (tertiary/aromatic N) is 3. The number of hydrogen-bond donors (Lipinski definition) is 2. The summed E-state index contributed by atoms with van der Waals surface area (Å²) in [6.07, 6.45) is 1.29. The van der Waals surface area contributed by atoms with Crippen LogP contribution in [0.4, 0.5) is 5.88 Å². The number of aromatic amines is 1. The summed E-state index contributed by atoms with van der Waals surface area (Å²) >= 11 is 5.06. The fourth-order valence-corrected chi connectivity index (χ4v) is 2.37. The van der Waals surface area contributed by atoms with E-state index >= 15 is 0 Å². The van der Waals surface area contributed by atoms with Gasteiger partial charge in [-0.3, -0.25) is 20.0 Å². The molecule has 0 spiro atoms. The van der Waals surface area contributed by atoms with Crippen LogP contribution in [0, 0.1) is 11.7 Å². The maximum Gasteiger partial charge on any atom is 0.223 e. The number of aryl methyl sites for hydroxylation is 1. The van der Waals surface area contributed by atoms with Gasteiger partial charge in [-0.05, 0) is 31.3 Å². The van der Waals surface area contributed by atoms with E-state index in [1.807, 2.05) is 0 Å². The molecule has 0 atom stereocenters. The van der Waals surface area contributed by atoms with Crippen LogP contribution in [0.25, 0.3) is 11.0 Å². The fraction of sp³-hybridized carbons (Fsp3) is 0.133. The Morgan fingerprint density at radius 1 is 1.46 bits per heavy atom. The van der Waals surface area contributed by atoms with Gasteiger partial charge in [-0.2, -0.15) is 14.9 Å². The average molecular weight is 343 g/mol. The van der Waals surface area contributed by atoms with Crippen molar-refractivity contribution in [2.45, 2.75) is 13.8 Å². The van der Waals surface area contributed by atoms with Gasteiger partial charge in [0.1, 0.15) is 17.0 Å². The molecule has 2 aromatic heterocycles. The molecule has 0 radical (unpaired) electrons. The van der Waals surface area contributed by atoms with E-state index in [2.05, 4.69) is 20.6 Å². The molecule has 0 aliphatic heterocycles. The molecule has 0 aliphatic rings. The molecule has 0 saturated carbocycles. The van der Waals surface area contributed by atoms with Crippen LogP contribution in [0.2, 0.25) is 0 Å². The Morgan fingerprint density at radius 3 is 2.88 bits per heavy atom. The molecular weight excluding hydrogens is 330 g/mol. The quantitative estimate of drug-likeness (QED) is 0.560. The van der Waals surface area contributed by atoms with Gasteiger partial charge in [0.15, 0.2) is 0 Å². The molecule has 1 amide bonds. The summed E-state index contributed by atoms with van der Waals surface area (Å²) in [5.74, 6) is 0.198. The molecule has 24 heavy (non-hydrogen) atoms. The molecule has 0 bridgehead atoms. The standard InChI is InChI=1S/C15H13N5O3S/c1-8-18-19-15(24)20(8)16-7-11-13(22)10-5-3-4-6-12(10)23-14(11)17-9(2)21/h3-7H,1-2H3,(H,17,21)(H,19,24)/b16-7+. The van der Waals surface area contributed by atoms with Gasteiger partial charge in [-0.25, -0.2) is 0 Å². The predicted molar refractivity (Wildman–Crippen MR) is 91.9 cm³/mol. The minimum absolute atomic E-state index is 0.0302. The SMILES string of the molecule is CC(=O)Nc1oc2ccccc2c(=O)c1/C=N/n1c(C)n[nH]c1=S. The smallest absolute Gasteiger partial charge is 0.223 e. The molecule has 122 valence electrons. The van der Waals surface area contributed by atoms with Crippen LogP contribution in [0.3, 0.4) is 0 Å². The molecule has 3 aromatic rings. The van der Waals surface area contributed by atoms with Gasteiger partial charge in [0.05, 0.1) is 11.6 Å². The number of fused-ring (bicyclic) bond motifs is 1. The number of nitrogens with one attached hydrogen (secondary N) is 2. The Labute approximate surface area is 140 Å². The second-order valence-corrected chi connectivity index (χ2v) is 5.37. The third kappa shape index (κ3) is 2.88. The molecule has 0 fully saturated rings. The van der Waals surface area contributed by atoms with Gasteiger partial charge in [-0.15, -0.1) is 0 Å². The molecule has 0 aliphatic carbocycles. The van der Waals surface area contributed by atoms with E-state index < -0.39 is 0 Å². The van der Waals surface area contributed by atoms with Gasteiger partial charge >= 0.3 is 0 Å². The normalized spacial score (nSPS) is 11.2. The number of benzene rings is 1.